The number of anilines is 2. The van der Waals surface area contributed by atoms with E-state index in [2.05, 4.69) is 22.5 Å². The zero-order chi connectivity index (χ0) is 33.1. The lowest BCUT2D eigenvalue weighted by molar-refractivity contribution is -0.142. The number of nitrogens with zero attached hydrogens (tertiary/aromatic N) is 4. The van der Waals surface area contributed by atoms with Crippen molar-refractivity contribution in [3.8, 4) is 0 Å². The number of rotatable bonds is 15. The van der Waals surface area contributed by atoms with Gasteiger partial charge in [0, 0.05) is 31.0 Å². The summed E-state index contributed by atoms with van der Waals surface area (Å²) in [7, 11) is 1.92. The molecule has 0 bridgehead atoms. The van der Waals surface area contributed by atoms with Crippen LogP contribution in [0.2, 0.25) is 0 Å². The summed E-state index contributed by atoms with van der Waals surface area (Å²) in [5.41, 5.74) is 9.75. The van der Waals surface area contributed by atoms with E-state index in [1.165, 1.54) is 4.90 Å². The number of pyridine rings is 1. The minimum Gasteiger partial charge on any atom is -0.466 e. The van der Waals surface area contributed by atoms with Gasteiger partial charge in [0.25, 0.3) is 5.91 Å². The monoisotopic (exact) mass is 629 g/mol. The number of aromatic nitrogens is 3. The first kappa shape index (κ1) is 33.9. The highest BCUT2D eigenvalue weighted by Gasteiger charge is 2.22. The van der Waals surface area contributed by atoms with Crippen LogP contribution < -0.4 is 21.3 Å². The average Bonchev–Trinajstić information content (AvgIpc) is 3.38. The summed E-state index contributed by atoms with van der Waals surface area (Å²) >= 11 is 0. The first-order valence-corrected chi connectivity index (χ1v) is 15.6. The van der Waals surface area contributed by atoms with Crippen molar-refractivity contribution in [1.82, 2.24) is 19.9 Å². The molecule has 2 aromatic carbocycles. The lowest BCUT2D eigenvalue weighted by Crippen LogP contribution is -2.36. The number of amides is 2. The van der Waals surface area contributed by atoms with Gasteiger partial charge in [-0.25, -0.2) is 14.8 Å². The highest BCUT2D eigenvalue weighted by Crippen LogP contribution is 2.22. The van der Waals surface area contributed by atoms with Crippen molar-refractivity contribution in [1.29, 1.82) is 0 Å². The van der Waals surface area contributed by atoms with Gasteiger partial charge in [-0.1, -0.05) is 38.5 Å². The molecule has 0 aliphatic heterocycles. The molecular formula is C34H43N7O5. The Morgan fingerprint density at radius 3 is 2.50 bits per heavy atom. The summed E-state index contributed by atoms with van der Waals surface area (Å²) in [4.78, 5) is 48.5. The number of alkyl carbamates (subject to hydrolysis) is 1. The second-order valence-electron chi connectivity index (χ2n) is 10.8. The van der Waals surface area contributed by atoms with E-state index in [1.807, 2.05) is 48.9 Å². The minimum atomic E-state index is -0.698. The van der Waals surface area contributed by atoms with E-state index in [9.17, 15) is 14.4 Å². The van der Waals surface area contributed by atoms with Crippen molar-refractivity contribution >= 4 is 40.5 Å². The Kier molecular flexibility index (Phi) is 12.1. The van der Waals surface area contributed by atoms with Gasteiger partial charge in [0.15, 0.2) is 0 Å². The number of carbonyl (C=O) groups is 3. The number of fused-ring (bicyclic) bond motifs is 1. The van der Waals surface area contributed by atoms with E-state index in [0.29, 0.717) is 23.4 Å². The Morgan fingerprint density at radius 1 is 1.04 bits per heavy atom. The van der Waals surface area contributed by atoms with Gasteiger partial charge < -0.3 is 30.4 Å². The molecule has 0 fully saturated rings. The van der Waals surface area contributed by atoms with E-state index in [4.69, 9.17) is 20.2 Å². The van der Waals surface area contributed by atoms with Crippen LogP contribution >= 0.6 is 0 Å². The van der Waals surface area contributed by atoms with Crippen LogP contribution in [0, 0.1) is 0 Å². The van der Waals surface area contributed by atoms with E-state index < -0.39 is 12.3 Å². The number of ether oxygens (including phenoxy) is 2. The Labute approximate surface area is 269 Å². The fraction of sp³-hybridized carbons (Fsp3) is 0.382. The van der Waals surface area contributed by atoms with Crippen molar-refractivity contribution in [2.24, 2.45) is 12.8 Å². The SMILES string of the molecule is CCC[C@H](CC)OC(=O)N[C@@H](N)c1ccc(NCc2nc3cc(C(=O)N(CCC(=O)OCC)c4ccccn4)ccc3n2C)cc1. The molecular weight excluding hydrogens is 586 g/mol. The van der Waals surface area contributed by atoms with Gasteiger partial charge in [-0.3, -0.25) is 14.5 Å². The number of aryl methyl sites for hydroxylation is 1. The van der Waals surface area contributed by atoms with Crippen molar-refractivity contribution in [3.63, 3.8) is 0 Å². The van der Waals surface area contributed by atoms with Gasteiger partial charge in [-0.2, -0.15) is 0 Å². The predicted molar refractivity (Wildman–Crippen MR) is 177 cm³/mol. The largest absolute Gasteiger partial charge is 0.466 e. The highest BCUT2D eigenvalue weighted by atomic mass is 16.6. The molecule has 4 N–H and O–H groups in total. The number of carbonyl (C=O) groups excluding carboxylic acids is 3. The lowest BCUT2D eigenvalue weighted by atomic mass is 10.1. The standard InChI is InChI=1S/C34H43N7O5/c1-5-10-26(6-2)46-34(44)39-32(35)23-12-15-25(16-13-23)37-22-30-38-27-21-24(14-17-28(27)40(30)4)33(43)41(20-18-31(42)45-7-3)29-11-8-9-19-36-29/h8-9,11-17,19,21,26,32,37H,5-7,10,18,20,22,35H2,1-4H3,(H,39,44)/t26-,32+/m0/s1. The highest BCUT2D eigenvalue weighted by molar-refractivity contribution is 6.07. The van der Waals surface area contributed by atoms with Crippen LogP contribution in [0.1, 0.15) is 74.4 Å². The fourth-order valence-electron chi connectivity index (χ4n) is 5.02. The maximum Gasteiger partial charge on any atom is 0.408 e. The molecule has 0 saturated carbocycles. The number of imidazole rings is 1. The van der Waals surface area contributed by atoms with Gasteiger partial charge in [0.1, 0.15) is 23.9 Å². The van der Waals surface area contributed by atoms with Crippen LogP contribution in [0.15, 0.2) is 66.9 Å². The Hall–Kier alpha value is -4.97. The summed E-state index contributed by atoms with van der Waals surface area (Å²) in [6.45, 7) is 6.62. The maximum absolute atomic E-state index is 13.6. The van der Waals surface area contributed by atoms with Gasteiger partial charge >= 0.3 is 12.1 Å². The van der Waals surface area contributed by atoms with E-state index >= 15 is 0 Å². The number of hydrogen-bond donors (Lipinski definition) is 3. The molecule has 2 atom stereocenters. The van der Waals surface area contributed by atoms with Crippen molar-refractivity contribution < 1.29 is 23.9 Å². The predicted octanol–water partition coefficient (Wildman–Crippen LogP) is 5.44. The van der Waals surface area contributed by atoms with Gasteiger partial charge in [-0.15, -0.1) is 0 Å². The molecule has 2 aromatic heterocycles. The van der Waals surface area contributed by atoms with Crippen molar-refractivity contribution in [2.75, 3.05) is 23.4 Å². The molecule has 244 valence electrons. The summed E-state index contributed by atoms with van der Waals surface area (Å²) in [6, 6.07) is 18.1. The molecule has 0 saturated heterocycles. The molecule has 12 nitrogen and oxygen atoms in total. The normalized spacial score (nSPS) is 12.3. The van der Waals surface area contributed by atoms with Gasteiger partial charge in [0.05, 0.1) is 30.6 Å². The maximum atomic E-state index is 13.6. The number of benzene rings is 2. The lowest BCUT2D eigenvalue weighted by Gasteiger charge is -2.21. The van der Waals surface area contributed by atoms with Crippen LogP contribution in [0.25, 0.3) is 11.0 Å². The third kappa shape index (κ3) is 8.81. The van der Waals surface area contributed by atoms with Crippen molar-refractivity contribution in [3.05, 3.63) is 83.8 Å². The molecule has 0 aliphatic rings. The van der Waals surface area contributed by atoms with Gasteiger partial charge in [-0.05, 0) is 67.8 Å². The van der Waals surface area contributed by atoms with Crippen molar-refractivity contribution in [2.45, 2.75) is 65.3 Å². The molecule has 0 aliphatic carbocycles. The topological polar surface area (TPSA) is 154 Å². The summed E-state index contributed by atoms with van der Waals surface area (Å²) in [6.07, 6.45) is 2.81. The average molecular weight is 630 g/mol. The molecule has 0 unspecified atom stereocenters. The Morgan fingerprint density at radius 2 is 1.83 bits per heavy atom. The summed E-state index contributed by atoms with van der Waals surface area (Å²) < 4.78 is 12.5. The van der Waals surface area contributed by atoms with E-state index in [1.54, 1.807) is 43.5 Å². The molecule has 0 radical (unpaired) electrons. The second kappa shape index (κ2) is 16.4. The van der Waals surface area contributed by atoms with Crippen LogP contribution in [0.3, 0.4) is 0 Å². The molecule has 46 heavy (non-hydrogen) atoms. The molecule has 2 amide bonds. The number of nitrogens with two attached hydrogens (primary N) is 1. The number of nitrogens with one attached hydrogen (secondary N) is 2. The smallest absolute Gasteiger partial charge is 0.408 e. The van der Waals surface area contributed by atoms with E-state index in [0.717, 1.165) is 41.9 Å². The van der Waals surface area contributed by atoms with Crippen LogP contribution in [0.4, 0.5) is 16.3 Å². The Balaban J connectivity index is 1.41. The Bertz CT molecular complexity index is 1610. The quantitative estimate of drug-likeness (QED) is 0.115. The number of esters is 1. The van der Waals surface area contributed by atoms with Crippen LogP contribution in [-0.4, -0.2) is 51.8 Å². The zero-order valence-electron chi connectivity index (χ0n) is 26.9. The zero-order valence-corrected chi connectivity index (χ0v) is 26.9. The fourth-order valence-corrected chi connectivity index (χ4v) is 5.02. The first-order valence-electron chi connectivity index (χ1n) is 15.6. The van der Waals surface area contributed by atoms with Crippen LogP contribution in [0.5, 0.6) is 0 Å². The third-order valence-electron chi connectivity index (χ3n) is 7.57. The molecule has 4 rings (SSSR count). The third-order valence-corrected chi connectivity index (χ3v) is 7.57. The van der Waals surface area contributed by atoms with Gasteiger partial charge in [0.2, 0.25) is 0 Å². The van der Waals surface area contributed by atoms with Crippen LogP contribution in [-0.2, 0) is 27.9 Å². The molecule has 2 heterocycles. The molecule has 0 spiro atoms. The molecule has 12 heteroatoms. The summed E-state index contributed by atoms with van der Waals surface area (Å²) in [5.74, 6) is 0.548. The second-order valence-corrected chi connectivity index (χ2v) is 10.8. The van der Waals surface area contributed by atoms with E-state index in [-0.39, 0.29) is 37.6 Å². The minimum absolute atomic E-state index is 0.0478. The number of hydrogen-bond acceptors (Lipinski definition) is 9. The first-order chi connectivity index (χ1) is 22.2. The summed E-state index contributed by atoms with van der Waals surface area (Å²) in [5, 5.41) is 6.07. The molecule has 4 aromatic rings.